The molecule has 0 rings (SSSR count). The third-order valence-electron chi connectivity index (χ3n) is 3.42. The lowest BCUT2D eigenvalue weighted by molar-refractivity contribution is -0.137. The number of hydrogen-bond acceptors (Lipinski definition) is 4. The van der Waals surface area contributed by atoms with Crippen molar-refractivity contribution in [2.45, 2.75) is 90.1 Å². The van der Waals surface area contributed by atoms with Gasteiger partial charge < -0.3 is 15.3 Å². The van der Waals surface area contributed by atoms with E-state index >= 15 is 0 Å². The van der Waals surface area contributed by atoms with Crippen molar-refractivity contribution in [1.29, 1.82) is 0 Å². The summed E-state index contributed by atoms with van der Waals surface area (Å²) < 4.78 is 0. The molecule has 1 atom stereocenters. The van der Waals surface area contributed by atoms with Crippen molar-refractivity contribution in [2.75, 3.05) is 12.4 Å². The van der Waals surface area contributed by atoms with E-state index in [4.69, 9.17) is 15.3 Å². The number of carboxylic acids is 1. The zero-order valence-electron chi connectivity index (χ0n) is 14.2. The predicted octanol–water partition coefficient (Wildman–Crippen LogP) is 4.04. The van der Waals surface area contributed by atoms with E-state index in [2.05, 4.69) is 19.6 Å². The minimum absolute atomic E-state index is 0.191. The van der Waals surface area contributed by atoms with E-state index in [0.29, 0.717) is 12.2 Å². The van der Waals surface area contributed by atoms with Crippen LogP contribution in [0.25, 0.3) is 0 Å². The predicted molar refractivity (Wildman–Crippen MR) is 95.7 cm³/mol. The zero-order valence-corrected chi connectivity index (χ0v) is 15.1. The van der Waals surface area contributed by atoms with Crippen molar-refractivity contribution < 1.29 is 20.1 Å². The molecule has 0 saturated carbocycles. The molecule has 0 spiro atoms. The molecule has 0 bridgehead atoms. The van der Waals surface area contributed by atoms with E-state index in [9.17, 15) is 4.79 Å². The average Bonchev–Trinajstić information content (AvgIpc) is 2.52. The molecule has 0 heterocycles. The fourth-order valence-electron chi connectivity index (χ4n) is 2.00. The fourth-order valence-corrected chi connectivity index (χ4v) is 2.11. The van der Waals surface area contributed by atoms with Crippen LogP contribution in [0.2, 0.25) is 0 Å². The lowest BCUT2D eigenvalue weighted by Crippen LogP contribution is -2.12. The molecule has 1 unspecified atom stereocenters. The average molecular weight is 337 g/mol. The minimum atomic E-state index is -0.657. The Kier molecular flexibility index (Phi) is 22.6. The molecule has 0 aromatic heterocycles. The summed E-state index contributed by atoms with van der Waals surface area (Å²) in [5.41, 5.74) is 0. The van der Waals surface area contributed by atoms with Crippen LogP contribution in [-0.2, 0) is 4.79 Å². The maximum absolute atomic E-state index is 10.3. The summed E-state index contributed by atoms with van der Waals surface area (Å²) in [6.45, 7) is 2.06. The van der Waals surface area contributed by atoms with Crippen molar-refractivity contribution in [1.82, 2.24) is 0 Å². The number of thiol groups is 1. The Balaban J connectivity index is 0. The summed E-state index contributed by atoms with van der Waals surface area (Å²) in [5, 5.41) is 24.8. The van der Waals surface area contributed by atoms with Gasteiger partial charge >= 0.3 is 5.97 Å². The van der Waals surface area contributed by atoms with Crippen LogP contribution in [0.4, 0.5) is 0 Å². The summed E-state index contributed by atoms with van der Waals surface area (Å²) >= 11 is 3.69. The molecule has 0 aliphatic rings. The molecular formula is C17H36O4S. The largest absolute Gasteiger partial charge is 0.481 e. The fraction of sp³-hybridized carbons (Fsp3) is 0.941. The minimum Gasteiger partial charge on any atom is -0.481 e. The van der Waals surface area contributed by atoms with Gasteiger partial charge in [0.05, 0.1) is 12.7 Å². The molecule has 0 aliphatic heterocycles. The number of carbonyl (C=O) groups is 1. The Hall–Kier alpha value is -0.260. The number of unbranched alkanes of at least 4 members (excludes halogenated alkanes) is 10. The SMILES string of the molecule is CCCCCCCCCCCCCC(=O)O.OCC(O)CS. The third kappa shape index (κ3) is 24.7. The van der Waals surface area contributed by atoms with Crippen molar-refractivity contribution in [3.8, 4) is 0 Å². The van der Waals surface area contributed by atoms with Crippen molar-refractivity contribution in [3.05, 3.63) is 0 Å². The van der Waals surface area contributed by atoms with E-state index < -0.39 is 12.1 Å². The van der Waals surface area contributed by atoms with Gasteiger partial charge in [0.15, 0.2) is 0 Å². The van der Waals surface area contributed by atoms with Crippen LogP contribution in [0.5, 0.6) is 0 Å². The van der Waals surface area contributed by atoms with Gasteiger partial charge in [-0.3, -0.25) is 4.79 Å². The van der Waals surface area contributed by atoms with Gasteiger partial charge in [-0.25, -0.2) is 0 Å². The van der Waals surface area contributed by atoms with E-state index in [1.165, 1.54) is 57.8 Å². The highest BCUT2D eigenvalue weighted by Gasteiger charge is 1.96. The van der Waals surface area contributed by atoms with Gasteiger partial charge in [0.2, 0.25) is 0 Å². The molecule has 0 aliphatic carbocycles. The zero-order chi connectivity index (χ0) is 17.1. The van der Waals surface area contributed by atoms with E-state index in [1.54, 1.807) is 0 Å². The molecule has 0 radical (unpaired) electrons. The summed E-state index contributed by atoms with van der Waals surface area (Å²) in [6.07, 6.45) is 13.7. The molecule has 4 nitrogen and oxygen atoms in total. The van der Waals surface area contributed by atoms with Gasteiger partial charge in [-0.05, 0) is 6.42 Å². The first-order chi connectivity index (χ1) is 10.6. The van der Waals surface area contributed by atoms with E-state index in [-0.39, 0.29) is 6.61 Å². The molecular weight excluding hydrogens is 300 g/mol. The summed E-state index contributed by atoms with van der Waals surface area (Å²) in [5.74, 6) is -0.327. The monoisotopic (exact) mass is 336 g/mol. The first kappa shape index (κ1) is 24.0. The van der Waals surface area contributed by atoms with E-state index in [0.717, 1.165) is 12.8 Å². The van der Waals surface area contributed by atoms with Gasteiger partial charge in [0.25, 0.3) is 0 Å². The second-order valence-corrected chi connectivity index (χ2v) is 6.06. The first-order valence-electron chi connectivity index (χ1n) is 8.70. The van der Waals surface area contributed by atoms with Gasteiger partial charge in [0.1, 0.15) is 0 Å². The van der Waals surface area contributed by atoms with Crippen molar-refractivity contribution in [2.24, 2.45) is 0 Å². The molecule has 0 fully saturated rings. The quantitative estimate of drug-likeness (QED) is 0.285. The Morgan fingerprint density at radius 1 is 0.909 bits per heavy atom. The maximum Gasteiger partial charge on any atom is 0.303 e. The Bertz CT molecular complexity index is 221. The van der Waals surface area contributed by atoms with Crippen LogP contribution >= 0.6 is 12.6 Å². The van der Waals surface area contributed by atoms with Crippen molar-refractivity contribution in [3.63, 3.8) is 0 Å². The van der Waals surface area contributed by atoms with Crippen molar-refractivity contribution >= 4 is 18.6 Å². The Labute approximate surface area is 141 Å². The highest BCUT2D eigenvalue weighted by atomic mass is 32.1. The van der Waals surface area contributed by atoms with Gasteiger partial charge in [-0.2, -0.15) is 12.6 Å². The first-order valence-corrected chi connectivity index (χ1v) is 9.33. The van der Waals surface area contributed by atoms with Crippen LogP contribution in [0, 0.1) is 0 Å². The highest BCUT2D eigenvalue weighted by Crippen LogP contribution is 2.11. The lowest BCUT2D eigenvalue weighted by Gasteiger charge is -2.01. The number of aliphatic hydroxyl groups excluding tert-OH is 2. The number of rotatable bonds is 14. The van der Waals surface area contributed by atoms with E-state index in [1.807, 2.05) is 0 Å². The van der Waals surface area contributed by atoms with Gasteiger partial charge in [-0.1, -0.05) is 71.1 Å². The third-order valence-corrected chi connectivity index (χ3v) is 3.84. The number of aliphatic carboxylic acids is 1. The highest BCUT2D eigenvalue weighted by molar-refractivity contribution is 7.80. The van der Waals surface area contributed by atoms with Crippen LogP contribution in [0.3, 0.4) is 0 Å². The molecule has 0 aromatic rings. The van der Waals surface area contributed by atoms with Crippen LogP contribution in [0.1, 0.15) is 84.0 Å². The molecule has 0 amide bonds. The molecule has 3 N–H and O–H groups in total. The summed E-state index contributed by atoms with van der Waals surface area (Å²) in [6, 6.07) is 0. The van der Waals surface area contributed by atoms with Crippen LogP contribution in [0.15, 0.2) is 0 Å². The number of carboxylic acid groups (broad SMARTS) is 1. The topological polar surface area (TPSA) is 77.8 Å². The molecule has 0 aromatic carbocycles. The molecule has 0 saturated heterocycles. The summed E-state index contributed by atoms with van der Waals surface area (Å²) in [7, 11) is 0. The Morgan fingerprint density at radius 2 is 1.32 bits per heavy atom. The number of aliphatic hydroxyl groups is 2. The van der Waals surface area contributed by atoms with Gasteiger partial charge in [-0.15, -0.1) is 0 Å². The smallest absolute Gasteiger partial charge is 0.303 e. The normalized spacial score (nSPS) is 11.6. The van der Waals surface area contributed by atoms with Gasteiger partial charge in [0, 0.05) is 12.2 Å². The molecule has 5 heteroatoms. The molecule has 134 valence electrons. The standard InChI is InChI=1S/C14H28O2.C3H8O2S/c1-2-3-4-5-6-7-8-9-10-11-12-13-14(15)16;4-1-3(5)2-6/h2-13H2,1H3,(H,15,16);3-6H,1-2H2. The maximum atomic E-state index is 10.3. The second kappa shape index (κ2) is 20.7. The Morgan fingerprint density at radius 3 is 1.59 bits per heavy atom. The number of hydrogen-bond donors (Lipinski definition) is 4. The lowest BCUT2D eigenvalue weighted by atomic mass is 10.1. The second-order valence-electron chi connectivity index (χ2n) is 5.70. The van der Waals surface area contributed by atoms with Crippen LogP contribution in [-0.4, -0.2) is 39.8 Å². The van der Waals surface area contributed by atoms with Crippen LogP contribution < -0.4 is 0 Å². The summed E-state index contributed by atoms with van der Waals surface area (Å²) in [4.78, 5) is 10.3. The molecule has 22 heavy (non-hydrogen) atoms.